The lowest BCUT2D eigenvalue weighted by molar-refractivity contribution is 0.102. The fourth-order valence-corrected chi connectivity index (χ4v) is 5.46. The molecule has 0 aromatic heterocycles. The Bertz CT molecular complexity index is 939. The molecular weight excluding hydrogens is 393 g/mol. The first-order valence-corrected chi connectivity index (χ1v) is 10.5. The Kier molecular flexibility index (Phi) is 5.83. The van der Waals surface area contributed by atoms with Crippen LogP contribution in [-0.4, -0.2) is 30.8 Å². The first-order valence-electron chi connectivity index (χ1n) is 8.56. The van der Waals surface area contributed by atoms with Crippen molar-refractivity contribution in [2.75, 3.05) is 5.32 Å². The van der Waals surface area contributed by atoms with Crippen molar-refractivity contribution in [1.29, 1.82) is 0 Å². The number of hydrogen-bond acceptors (Lipinski definition) is 4. The molecule has 0 unspecified atom stereocenters. The summed E-state index contributed by atoms with van der Waals surface area (Å²) < 4.78 is 38.9. The van der Waals surface area contributed by atoms with Crippen LogP contribution >= 0.6 is 11.6 Å². The summed E-state index contributed by atoms with van der Waals surface area (Å²) >= 11 is 6.11. The van der Waals surface area contributed by atoms with Crippen LogP contribution < -0.4 is 5.32 Å². The molecule has 1 saturated carbocycles. The van der Waals surface area contributed by atoms with Gasteiger partial charge >= 0.3 is 0 Å². The third-order valence-electron chi connectivity index (χ3n) is 4.68. The van der Waals surface area contributed by atoms with Gasteiger partial charge in [0.1, 0.15) is 5.82 Å². The van der Waals surface area contributed by atoms with E-state index in [0.29, 0.717) is 31.4 Å². The minimum absolute atomic E-state index is 0.0551. The van der Waals surface area contributed by atoms with Gasteiger partial charge in [0, 0.05) is 11.3 Å². The molecule has 2 N–H and O–H groups in total. The average molecular weight is 412 g/mol. The summed E-state index contributed by atoms with van der Waals surface area (Å²) in [6.07, 6.45) is 1.08. The topological polar surface area (TPSA) is 83.5 Å². The number of benzene rings is 2. The number of carbonyl (C=O) groups excluding carboxylic acids is 1. The van der Waals surface area contributed by atoms with E-state index < -0.39 is 32.9 Å². The molecule has 0 atom stereocenters. The molecule has 2 aromatic carbocycles. The van der Waals surface area contributed by atoms with Crippen LogP contribution in [0.2, 0.25) is 5.02 Å². The number of halogens is 2. The lowest BCUT2D eigenvalue weighted by Crippen LogP contribution is -2.29. The maximum Gasteiger partial charge on any atom is 0.255 e. The van der Waals surface area contributed by atoms with E-state index in [1.54, 1.807) is 0 Å². The van der Waals surface area contributed by atoms with Crippen LogP contribution in [0.1, 0.15) is 36.0 Å². The van der Waals surface area contributed by atoms with Crippen molar-refractivity contribution in [3.63, 3.8) is 0 Å². The van der Waals surface area contributed by atoms with E-state index in [-0.39, 0.29) is 15.5 Å². The van der Waals surface area contributed by atoms with Crippen molar-refractivity contribution in [2.45, 2.75) is 41.9 Å². The maximum absolute atomic E-state index is 13.0. The van der Waals surface area contributed by atoms with E-state index in [1.165, 1.54) is 42.5 Å². The Hall–Kier alpha value is -1.96. The average Bonchev–Trinajstić information content (AvgIpc) is 2.64. The predicted molar refractivity (Wildman–Crippen MR) is 101 cm³/mol. The summed E-state index contributed by atoms with van der Waals surface area (Å²) in [6, 6.07) is 9.33. The van der Waals surface area contributed by atoms with Gasteiger partial charge in [-0.3, -0.25) is 4.79 Å². The molecule has 0 radical (unpaired) electrons. The summed E-state index contributed by atoms with van der Waals surface area (Å²) in [5.74, 6) is -0.945. The van der Waals surface area contributed by atoms with Crippen LogP contribution in [0.5, 0.6) is 0 Å². The minimum atomic E-state index is -3.72. The van der Waals surface area contributed by atoms with Crippen LogP contribution in [0.3, 0.4) is 0 Å². The van der Waals surface area contributed by atoms with Crippen molar-refractivity contribution in [1.82, 2.24) is 0 Å². The number of rotatable bonds is 4. The van der Waals surface area contributed by atoms with E-state index in [2.05, 4.69) is 5.32 Å². The molecule has 27 heavy (non-hydrogen) atoms. The molecule has 8 heteroatoms. The second kappa shape index (κ2) is 7.96. The molecule has 2 aromatic rings. The zero-order chi connectivity index (χ0) is 19.6. The van der Waals surface area contributed by atoms with Gasteiger partial charge in [-0.1, -0.05) is 11.6 Å². The van der Waals surface area contributed by atoms with Crippen molar-refractivity contribution in [2.24, 2.45) is 0 Å². The van der Waals surface area contributed by atoms with Crippen molar-refractivity contribution in [3.05, 3.63) is 58.9 Å². The second-order valence-corrected chi connectivity index (χ2v) is 9.19. The SMILES string of the molecule is O=C(Nc1ccc(F)cc1)c1ccc(Cl)c(S(=O)(=O)C2CCC(O)CC2)c1. The molecule has 0 heterocycles. The highest BCUT2D eigenvalue weighted by molar-refractivity contribution is 7.92. The highest BCUT2D eigenvalue weighted by Gasteiger charge is 2.33. The standard InChI is InChI=1S/C19H19ClFNO4S/c20-17-10-1-12(19(24)22-14-4-2-13(21)3-5-14)11-18(17)27(25,26)16-8-6-15(23)7-9-16/h1-5,10-11,15-16,23H,6-9H2,(H,22,24). The molecule has 144 valence electrons. The van der Waals surface area contributed by atoms with Gasteiger partial charge in [-0.25, -0.2) is 12.8 Å². The molecule has 1 amide bonds. The van der Waals surface area contributed by atoms with E-state index >= 15 is 0 Å². The van der Waals surface area contributed by atoms with Gasteiger partial charge in [-0.15, -0.1) is 0 Å². The zero-order valence-electron chi connectivity index (χ0n) is 14.4. The smallest absolute Gasteiger partial charge is 0.255 e. The maximum atomic E-state index is 13.0. The van der Waals surface area contributed by atoms with E-state index in [1.807, 2.05) is 0 Å². The molecule has 0 saturated heterocycles. The van der Waals surface area contributed by atoms with Crippen molar-refractivity contribution >= 4 is 33.0 Å². The summed E-state index contributed by atoms with van der Waals surface area (Å²) in [4.78, 5) is 12.3. The van der Waals surface area contributed by atoms with E-state index in [4.69, 9.17) is 11.6 Å². The molecular formula is C19H19ClFNO4S. The number of hydrogen-bond donors (Lipinski definition) is 2. The highest BCUT2D eigenvalue weighted by Crippen LogP contribution is 2.33. The highest BCUT2D eigenvalue weighted by atomic mass is 35.5. The minimum Gasteiger partial charge on any atom is -0.393 e. The van der Waals surface area contributed by atoms with Crippen LogP contribution in [0.4, 0.5) is 10.1 Å². The predicted octanol–water partition coefficient (Wildman–Crippen LogP) is 3.81. The summed E-state index contributed by atoms with van der Waals surface area (Å²) in [5, 5.41) is 11.6. The lowest BCUT2D eigenvalue weighted by Gasteiger charge is -2.25. The Morgan fingerprint density at radius 2 is 1.70 bits per heavy atom. The van der Waals surface area contributed by atoms with Gasteiger partial charge in [0.2, 0.25) is 0 Å². The normalized spacial score (nSPS) is 20.3. The number of aliphatic hydroxyl groups excluding tert-OH is 1. The lowest BCUT2D eigenvalue weighted by atomic mass is 9.97. The molecule has 0 bridgehead atoms. The Morgan fingerprint density at radius 3 is 2.33 bits per heavy atom. The number of amides is 1. The van der Waals surface area contributed by atoms with Crippen molar-refractivity contribution < 1.29 is 22.7 Å². The number of aliphatic hydroxyl groups is 1. The number of nitrogens with one attached hydrogen (secondary N) is 1. The largest absolute Gasteiger partial charge is 0.393 e. The number of sulfone groups is 1. The molecule has 0 spiro atoms. The quantitative estimate of drug-likeness (QED) is 0.801. The van der Waals surface area contributed by atoms with Crippen LogP contribution in [0, 0.1) is 5.82 Å². The molecule has 1 aliphatic rings. The zero-order valence-corrected chi connectivity index (χ0v) is 15.9. The monoisotopic (exact) mass is 411 g/mol. The van der Waals surface area contributed by atoms with Gasteiger partial charge in [-0.05, 0) is 68.1 Å². The van der Waals surface area contributed by atoms with Crippen LogP contribution in [0.25, 0.3) is 0 Å². The first kappa shape index (κ1) is 19.8. The Morgan fingerprint density at radius 1 is 1.07 bits per heavy atom. The summed E-state index contributed by atoms with van der Waals surface area (Å²) in [6.45, 7) is 0. The van der Waals surface area contributed by atoms with Gasteiger partial charge in [-0.2, -0.15) is 0 Å². The number of carbonyl (C=O) groups is 1. The van der Waals surface area contributed by atoms with Crippen LogP contribution in [-0.2, 0) is 9.84 Å². The van der Waals surface area contributed by atoms with Gasteiger partial charge < -0.3 is 10.4 Å². The summed E-state index contributed by atoms with van der Waals surface area (Å²) in [7, 11) is -3.72. The van der Waals surface area contributed by atoms with Crippen LogP contribution in [0.15, 0.2) is 47.4 Å². The molecule has 1 aliphatic carbocycles. The Balaban J connectivity index is 1.85. The number of anilines is 1. The third kappa shape index (κ3) is 4.48. The second-order valence-electron chi connectivity index (χ2n) is 6.58. The van der Waals surface area contributed by atoms with Crippen molar-refractivity contribution in [3.8, 4) is 0 Å². The van der Waals surface area contributed by atoms with Gasteiger partial charge in [0.15, 0.2) is 9.84 Å². The fraction of sp³-hybridized carbons (Fsp3) is 0.316. The van der Waals surface area contributed by atoms with Gasteiger partial charge in [0.25, 0.3) is 5.91 Å². The molecule has 1 fully saturated rings. The third-order valence-corrected chi connectivity index (χ3v) is 7.43. The molecule has 0 aliphatic heterocycles. The molecule has 3 rings (SSSR count). The Labute approximate surface area is 162 Å². The van der Waals surface area contributed by atoms with E-state index in [9.17, 15) is 22.7 Å². The van der Waals surface area contributed by atoms with E-state index in [0.717, 1.165) is 0 Å². The first-order chi connectivity index (χ1) is 12.8. The summed E-state index contributed by atoms with van der Waals surface area (Å²) in [5.41, 5.74) is 0.528. The molecule has 5 nitrogen and oxygen atoms in total. The van der Waals surface area contributed by atoms with Gasteiger partial charge in [0.05, 0.1) is 21.3 Å². The fourth-order valence-electron chi connectivity index (χ4n) is 3.13.